The first-order valence-corrected chi connectivity index (χ1v) is 6.54. The first-order valence-electron chi connectivity index (χ1n) is 4.65. The largest absolute Gasteiger partial charge is 0.493 e. The molecule has 1 rings (SSSR count). The zero-order valence-corrected chi connectivity index (χ0v) is 10.5. The molecule has 0 aliphatic carbocycles. The number of carboxylic acids is 1. The van der Waals surface area contributed by atoms with Crippen LogP contribution in [0, 0.1) is 11.6 Å². The van der Waals surface area contributed by atoms with Gasteiger partial charge in [-0.15, -0.1) is 0 Å². The molecule has 0 atom stereocenters. The molecule has 0 fully saturated rings. The summed E-state index contributed by atoms with van der Waals surface area (Å²) in [5.74, 6) is -7.71. The molecule has 0 spiro atoms. The molecule has 19 heavy (non-hydrogen) atoms. The average molecular weight is 294 g/mol. The Morgan fingerprint density at radius 1 is 1.32 bits per heavy atom. The Morgan fingerprint density at radius 2 is 1.84 bits per heavy atom. The van der Waals surface area contributed by atoms with E-state index in [9.17, 15) is 26.8 Å². The molecular formula is C10H8F2O6S. The lowest BCUT2D eigenvalue weighted by atomic mass is 10.1. The fourth-order valence-electron chi connectivity index (χ4n) is 1.41. The molecule has 0 heterocycles. The van der Waals surface area contributed by atoms with Crippen LogP contribution in [0.5, 0.6) is 5.75 Å². The van der Waals surface area contributed by atoms with Crippen LogP contribution in [0.25, 0.3) is 0 Å². The van der Waals surface area contributed by atoms with Gasteiger partial charge < -0.3 is 9.84 Å². The minimum absolute atomic E-state index is 0.314. The Labute approximate surface area is 106 Å². The third-order valence-corrected chi connectivity index (χ3v) is 3.26. The number of rotatable bonds is 4. The minimum atomic E-state index is -4.25. The van der Waals surface area contributed by atoms with Gasteiger partial charge in [0.15, 0.2) is 21.4 Å². The predicted octanol–water partition coefficient (Wildman–Crippen LogP) is 0.644. The third kappa shape index (κ3) is 2.70. The monoisotopic (exact) mass is 294 g/mol. The number of Topliss-reactive ketones (excluding diaryl/α,β-unsaturated/α-hetero) is 1. The van der Waals surface area contributed by atoms with Crippen molar-refractivity contribution >= 4 is 21.6 Å². The highest BCUT2D eigenvalue weighted by Crippen LogP contribution is 2.31. The van der Waals surface area contributed by atoms with E-state index in [4.69, 9.17) is 5.11 Å². The first kappa shape index (κ1) is 15.0. The molecule has 0 bridgehead atoms. The van der Waals surface area contributed by atoms with Crippen molar-refractivity contribution in [1.82, 2.24) is 0 Å². The minimum Gasteiger partial charge on any atom is -0.493 e. The highest BCUT2D eigenvalue weighted by atomic mass is 32.2. The van der Waals surface area contributed by atoms with E-state index in [0.29, 0.717) is 12.3 Å². The molecule has 9 heteroatoms. The van der Waals surface area contributed by atoms with Gasteiger partial charge in [0, 0.05) is 6.26 Å². The Kier molecular flexibility index (Phi) is 3.89. The van der Waals surface area contributed by atoms with E-state index in [1.54, 1.807) is 0 Å². The molecule has 6 nitrogen and oxygen atoms in total. The first-order chi connectivity index (χ1) is 8.61. The van der Waals surface area contributed by atoms with Crippen LogP contribution in [0.15, 0.2) is 11.0 Å². The second kappa shape index (κ2) is 4.92. The molecule has 0 amide bonds. The number of ether oxygens (including phenoxy) is 1. The molecule has 0 aromatic heterocycles. The highest BCUT2D eigenvalue weighted by molar-refractivity contribution is 7.90. The number of sulfone groups is 1. The van der Waals surface area contributed by atoms with Crippen molar-refractivity contribution < 1.29 is 36.6 Å². The molecular weight excluding hydrogens is 286 g/mol. The number of carbonyl (C=O) groups excluding carboxylic acids is 1. The maximum atomic E-state index is 13.8. The van der Waals surface area contributed by atoms with Crippen LogP contribution in [-0.4, -0.2) is 38.6 Å². The van der Waals surface area contributed by atoms with E-state index in [2.05, 4.69) is 4.74 Å². The molecule has 0 saturated heterocycles. The summed E-state index contributed by atoms with van der Waals surface area (Å²) in [6.45, 7) is 0. The number of carbonyl (C=O) groups is 2. The number of carboxylic acid groups (broad SMARTS) is 1. The van der Waals surface area contributed by atoms with Crippen molar-refractivity contribution in [1.29, 1.82) is 0 Å². The predicted molar refractivity (Wildman–Crippen MR) is 58.0 cm³/mol. The van der Waals surface area contributed by atoms with Crippen LogP contribution in [-0.2, 0) is 14.6 Å². The number of hydrogen-bond donors (Lipinski definition) is 1. The standard InChI is InChI=1S/C10H8F2O6S/c1-18-8-4(7(13)10(14)15)3-5(11)9(6(8)12)19(2,16)17/h3H,1-2H3,(H,14,15). The van der Waals surface area contributed by atoms with Crippen molar-refractivity contribution in [3.8, 4) is 5.75 Å². The average Bonchev–Trinajstić information content (AvgIpc) is 2.25. The van der Waals surface area contributed by atoms with Crippen LogP contribution in [0.3, 0.4) is 0 Å². The number of aliphatic carboxylic acids is 1. The SMILES string of the molecule is COc1c(C(=O)C(=O)O)cc(F)c(S(C)(=O)=O)c1F. The van der Waals surface area contributed by atoms with Crippen LogP contribution >= 0.6 is 0 Å². The third-order valence-electron chi connectivity index (χ3n) is 2.15. The number of halogens is 2. The van der Waals surface area contributed by atoms with Gasteiger partial charge >= 0.3 is 5.97 Å². The van der Waals surface area contributed by atoms with Crippen molar-refractivity contribution in [3.63, 3.8) is 0 Å². The van der Waals surface area contributed by atoms with Gasteiger partial charge in [0.25, 0.3) is 5.78 Å². The van der Waals surface area contributed by atoms with E-state index < -0.39 is 49.4 Å². The van der Waals surface area contributed by atoms with Crippen LogP contribution in [0.1, 0.15) is 10.4 Å². The zero-order chi connectivity index (χ0) is 15.0. The number of benzene rings is 1. The maximum absolute atomic E-state index is 13.8. The fourth-order valence-corrected chi connectivity index (χ4v) is 2.24. The molecule has 0 radical (unpaired) electrons. The summed E-state index contributed by atoms with van der Waals surface area (Å²) in [4.78, 5) is 20.4. The summed E-state index contributed by atoms with van der Waals surface area (Å²) in [5.41, 5.74) is -0.905. The van der Waals surface area contributed by atoms with Gasteiger partial charge in [-0.25, -0.2) is 22.0 Å². The lowest BCUT2D eigenvalue weighted by molar-refractivity contribution is -0.131. The molecule has 1 N–H and O–H groups in total. The lowest BCUT2D eigenvalue weighted by Crippen LogP contribution is -2.17. The van der Waals surface area contributed by atoms with Gasteiger partial charge in [-0.3, -0.25) is 4.79 Å². The Hall–Kier alpha value is -2.03. The van der Waals surface area contributed by atoms with Crippen molar-refractivity contribution in [2.24, 2.45) is 0 Å². The smallest absolute Gasteiger partial charge is 0.377 e. The quantitative estimate of drug-likeness (QED) is 0.646. The molecule has 1 aromatic rings. The van der Waals surface area contributed by atoms with Crippen LogP contribution < -0.4 is 4.74 Å². The molecule has 0 aliphatic heterocycles. The summed E-state index contributed by atoms with van der Waals surface area (Å²) in [6, 6.07) is 0.314. The van der Waals surface area contributed by atoms with Gasteiger partial charge in [-0.2, -0.15) is 0 Å². The van der Waals surface area contributed by atoms with Crippen LogP contribution in [0.4, 0.5) is 8.78 Å². The summed E-state index contributed by atoms with van der Waals surface area (Å²) in [7, 11) is -3.36. The highest BCUT2D eigenvalue weighted by Gasteiger charge is 2.30. The van der Waals surface area contributed by atoms with Gasteiger partial charge in [0.1, 0.15) is 10.7 Å². The Bertz CT molecular complexity index is 665. The van der Waals surface area contributed by atoms with E-state index in [0.717, 1.165) is 7.11 Å². The van der Waals surface area contributed by atoms with Crippen molar-refractivity contribution in [2.45, 2.75) is 4.90 Å². The second-order valence-corrected chi connectivity index (χ2v) is 5.44. The van der Waals surface area contributed by atoms with Crippen molar-refractivity contribution in [2.75, 3.05) is 13.4 Å². The Balaban J connectivity index is 3.75. The zero-order valence-electron chi connectivity index (χ0n) is 9.73. The topological polar surface area (TPSA) is 97.7 Å². The second-order valence-electron chi connectivity index (χ2n) is 3.49. The molecule has 0 unspecified atom stereocenters. The summed E-state index contributed by atoms with van der Waals surface area (Å²) in [5, 5.41) is 8.50. The van der Waals surface area contributed by atoms with E-state index in [1.807, 2.05) is 0 Å². The van der Waals surface area contributed by atoms with Crippen LogP contribution in [0.2, 0.25) is 0 Å². The van der Waals surface area contributed by atoms with Gasteiger partial charge in [-0.1, -0.05) is 0 Å². The number of ketones is 1. The fraction of sp³-hybridized carbons (Fsp3) is 0.200. The van der Waals surface area contributed by atoms with E-state index >= 15 is 0 Å². The lowest BCUT2D eigenvalue weighted by Gasteiger charge is -2.11. The normalized spacial score (nSPS) is 11.2. The van der Waals surface area contributed by atoms with Gasteiger partial charge in [-0.05, 0) is 6.07 Å². The number of methoxy groups -OCH3 is 1. The summed E-state index contributed by atoms with van der Waals surface area (Å²) in [6.07, 6.45) is 0.562. The maximum Gasteiger partial charge on any atom is 0.377 e. The van der Waals surface area contributed by atoms with Gasteiger partial charge in [0.05, 0.1) is 12.7 Å². The molecule has 1 aromatic carbocycles. The van der Waals surface area contributed by atoms with Gasteiger partial charge in [0.2, 0.25) is 0 Å². The van der Waals surface area contributed by atoms with E-state index in [1.165, 1.54) is 0 Å². The summed E-state index contributed by atoms with van der Waals surface area (Å²) < 4.78 is 54.2. The molecule has 0 aliphatic rings. The summed E-state index contributed by atoms with van der Waals surface area (Å²) >= 11 is 0. The van der Waals surface area contributed by atoms with Crippen molar-refractivity contribution in [3.05, 3.63) is 23.3 Å². The van der Waals surface area contributed by atoms with E-state index in [-0.39, 0.29) is 0 Å². The molecule has 104 valence electrons. The number of hydrogen-bond acceptors (Lipinski definition) is 5. The Morgan fingerprint density at radius 3 is 2.21 bits per heavy atom. The molecule has 0 saturated carbocycles.